The van der Waals surface area contributed by atoms with Crippen LogP contribution in [0.4, 0.5) is 0 Å². The quantitative estimate of drug-likeness (QED) is 0.353. The summed E-state index contributed by atoms with van der Waals surface area (Å²) in [4.78, 5) is 50.5. The van der Waals surface area contributed by atoms with Crippen molar-refractivity contribution in [2.75, 3.05) is 26.4 Å². The molecule has 0 radical (unpaired) electrons. The first-order chi connectivity index (χ1) is 17.5. The Balaban J connectivity index is 1.73. The second-order valence-corrected chi connectivity index (χ2v) is 7.65. The van der Waals surface area contributed by atoms with Crippen molar-refractivity contribution in [3.05, 3.63) is 70.8 Å². The van der Waals surface area contributed by atoms with Crippen molar-refractivity contribution in [3.63, 3.8) is 0 Å². The maximum atomic E-state index is 12.9. The van der Waals surface area contributed by atoms with Gasteiger partial charge in [0.15, 0.2) is 0 Å². The molecule has 0 saturated carbocycles. The number of hydrogen-bond donors (Lipinski definition) is 0. The van der Waals surface area contributed by atoms with Crippen molar-refractivity contribution in [2.45, 2.75) is 39.3 Å². The fraction of sp³-hybridized carbons (Fsp3) is 0.385. The van der Waals surface area contributed by atoms with Gasteiger partial charge in [0.2, 0.25) is 0 Å². The fourth-order valence-electron chi connectivity index (χ4n) is 3.23. The van der Waals surface area contributed by atoms with Crippen LogP contribution in [0, 0.1) is 0 Å². The van der Waals surface area contributed by atoms with Gasteiger partial charge in [-0.05, 0) is 37.1 Å². The summed E-state index contributed by atoms with van der Waals surface area (Å²) < 4.78 is 32.0. The largest absolute Gasteiger partial charge is 0.462 e. The maximum Gasteiger partial charge on any atom is 0.341 e. The van der Waals surface area contributed by atoms with E-state index in [-0.39, 0.29) is 48.7 Å². The van der Waals surface area contributed by atoms with Gasteiger partial charge in [0, 0.05) is 0 Å². The molecule has 0 spiro atoms. The molecular formula is C26H28O10. The molecule has 36 heavy (non-hydrogen) atoms. The number of hydrogen-bond acceptors (Lipinski definition) is 10. The van der Waals surface area contributed by atoms with Gasteiger partial charge in [-0.3, -0.25) is 0 Å². The lowest BCUT2D eigenvalue weighted by Crippen LogP contribution is -2.44. The first-order valence-electron chi connectivity index (χ1n) is 11.6. The van der Waals surface area contributed by atoms with Crippen LogP contribution < -0.4 is 0 Å². The molecule has 2 aromatic rings. The Morgan fingerprint density at radius 3 is 1.31 bits per heavy atom. The van der Waals surface area contributed by atoms with Crippen LogP contribution in [0.5, 0.6) is 0 Å². The van der Waals surface area contributed by atoms with E-state index in [1.54, 1.807) is 24.3 Å². The minimum atomic E-state index is -1.41. The van der Waals surface area contributed by atoms with Gasteiger partial charge in [0.05, 0.1) is 48.7 Å². The number of esters is 4. The summed E-state index contributed by atoms with van der Waals surface area (Å²) in [5.41, 5.74) is -0.0229. The highest BCUT2D eigenvalue weighted by atomic mass is 16.8. The molecule has 1 fully saturated rings. The van der Waals surface area contributed by atoms with E-state index in [0.29, 0.717) is 12.8 Å². The Hall–Kier alpha value is -3.76. The predicted molar refractivity (Wildman–Crippen MR) is 124 cm³/mol. The summed E-state index contributed by atoms with van der Waals surface area (Å²) in [6.45, 7) is 4.25. The van der Waals surface area contributed by atoms with Crippen molar-refractivity contribution in [1.82, 2.24) is 0 Å². The van der Waals surface area contributed by atoms with Gasteiger partial charge in [-0.15, -0.1) is 0 Å². The van der Waals surface area contributed by atoms with Gasteiger partial charge >= 0.3 is 23.9 Å². The molecule has 1 aliphatic heterocycles. The molecular weight excluding hydrogens is 472 g/mol. The molecule has 0 aliphatic carbocycles. The fourth-order valence-corrected chi connectivity index (χ4v) is 3.23. The number of carbonyl (C=O) groups is 4. The second-order valence-electron chi connectivity index (χ2n) is 7.65. The van der Waals surface area contributed by atoms with Crippen LogP contribution in [0.2, 0.25) is 0 Å². The van der Waals surface area contributed by atoms with Crippen LogP contribution in [-0.4, -0.2) is 62.9 Å². The molecule has 2 atom stereocenters. The molecule has 1 aliphatic rings. The normalized spacial score (nSPS) is 17.1. The van der Waals surface area contributed by atoms with Gasteiger partial charge < -0.3 is 28.4 Å². The van der Waals surface area contributed by atoms with E-state index < -0.39 is 36.5 Å². The number of ether oxygens (including phenoxy) is 6. The molecule has 0 amide bonds. The van der Waals surface area contributed by atoms with E-state index in [9.17, 15) is 19.2 Å². The van der Waals surface area contributed by atoms with Gasteiger partial charge in [-0.25, -0.2) is 19.2 Å². The highest BCUT2D eigenvalue weighted by Gasteiger charge is 2.36. The van der Waals surface area contributed by atoms with Crippen LogP contribution in [0.25, 0.3) is 0 Å². The van der Waals surface area contributed by atoms with Crippen molar-refractivity contribution >= 4 is 23.9 Å². The Bertz CT molecular complexity index is 994. The summed E-state index contributed by atoms with van der Waals surface area (Å²) in [6.07, 6.45) is -1.57. The van der Waals surface area contributed by atoms with E-state index in [2.05, 4.69) is 0 Å². The third-order valence-corrected chi connectivity index (χ3v) is 4.92. The molecule has 10 heteroatoms. The maximum absolute atomic E-state index is 12.9. The highest BCUT2D eigenvalue weighted by molar-refractivity contribution is 6.04. The van der Waals surface area contributed by atoms with Crippen LogP contribution in [-0.2, 0) is 28.4 Å². The van der Waals surface area contributed by atoms with Crippen LogP contribution in [0.3, 0.4) is 0 Å². The van der Waals surface area contributed by atoms with E-state index in [1.165, 1.54) is 24.3 Å². The lowest BCUT2D eigenvalue weighted by molar-refractivity contribution is -0.288. The molecule has 0 bridgehead atoms. The van der Waals surface area contributed by atoms with Gasteiger partial charge in [-0.1, -0.05) is 38.1 Å². The van der Waals surface area contributed by atoms with E-state index in [1.807, 2.05) is 13.8 Å². The number of carbonyl (C=O) groups excluding carboxylic acids is 4. The van der Waals surface area contributed by atoms with Crippen molar-refractivity contribution in [3.8, 4) is 0 Å². The summed E-state index contributed by atoms with van der Waals surface area (Å²) >= 11 is 0. The predicted octanol–water partition coefficient (Wildman–Crippen LogP) is 3.53. The molecule has 3 rings (SSSR count). The first kappa shape index (κ1) is 26.8. The number of rotatable bonds is 10. The second kappa shape index (κ2) is 13.4. The van der Waals surface area contributed by atoms with Crippen LogP contribution in [0.15, 0.2) is 48.5 Å². The molecule has 1 saturated heterocycles. The van der Waals surface area contributed by atoms with Gasteiger partial charge in [0.25, 0.3) is 12.6 Å². The monoisotopic (exact) mass is 500 g/mol. The van der Waals surface area contributed by atoms with Crippen molar-refractivity contribution in [1.29, 1.82) is 0 Å². The Morgan fingerprint density at radius 1 is 0.639 bits per heavy atom. The molecule has 2 aromatic carbocycles. The summed E-state index contributed by atoms with van der Waals surface area (Å²) in [5, 5.41) is 0. The smallest absolute Gasteiger partial charge is 0.341 e. The van der Waals surface area contributed by atoms with E-state index in [4.69, 9.17) is 28.4 Å². The zero-order chi connectivity index (χ0) is 25.9. The van der Waals surface area contributed by atoms with E-state index >= 15 is 0 Å². The minimum absolute atomic E-state index is 0.0285. The summed E-state index contributed by atoms with van der Waals surface area (Å²) in [5.74, 6) is -3.11. The third-order valence-electron chi connectivity index (χ3n) is 4.92. The molecule has 10 nitrogen and oxygen atoms in total. The highest BCUT2D eigenvalue weighted by Crippen LogP contribution is 2.21. The standard InChI is InChI=1S/C26H28O10/c1-3-13-31-21(27)17-9-5-7-11-19(17)23(29)35-25-26(34-16-15-33-25)36-24(30)20-12-8-6-10-18(20)22(28)32-14-4-2/h5-12,25-26H,3-4,13-16H2,1-2H3. The van der Waals surface area contributed by atoms with Crippen molar-refractivity contribution < 1.29 is 47.6 Å². The van der Waals surface area contributed by atoms with E-state index in [0.717, 1.165) is 0 Å². The molecule has 2 unspecified atom stereocenters. The SMILES string of the molecule is CCCOC(=O)c1ccccc1C(=O)OC1OCCOC1OC(=O)c1ccccc1C(=O)OCCC. The number of benzene rings is 2. The van der Waals surface area contributed by atoms with Crippen LogP contribution in [0.1, 0.15) is 68.1 Å². The summed E-state index contributed by atoms with van der Waals surface area (Å²) in [6, 6.07) is 12.0. The van der Waals surface area contributed by atoms with Crippen molar-refractivity contribution in [2.24, 2.45) is 0 Å². The zero-order valence-corrected chi connectivity index (χ0v) is 20.1. The topological polar surface area (TPSA) is 124 Å². The molecule has 1 heterocycles. The van der Waals surface area contributed by atoms with Gasteiger partial charge in [0.1, 0.15) is 0 Å². The molecule has 0 N–H and O–H groups in total. The Morgan fingerprint density at radius 2 is 0.972 bits per heavy atom. The lowest BCUT2D eigenvalue weighted by Gasteiger charge is -2.30. The first-order valence-corrected chi connectivity index (χ1v) is 11.6. The lowest BCUT2D eigenvalue weighted by atomic mass is 10.1. The van der Waals surface area contributed by atoms with Gasteiger partial charge in [-0.2, -0.15) is 0 Å². The van der Waals surface area contributed by atoms with Crippen LogP contribution >= 0.6 is 0 Å². The Kier molecular flexibility index (Phi) is 9.96. The zero-order valence-electron chi connectivity index (χ0n) is 20.1. The third kappa shape index (κ3) is 6.89. The average Bonchev–Trinajstić information content (AvgIpc) is 2.91. The average molecular weight is 501 g/mol. The summed E-state index contributed by atoms with van der Waals surface area (Å²) in [7, 11) is 0. The molecule has 0 aromatic heterocycles. The Labute approximate surface area is 208 Å². The minimum Gasteiger partial charge on any atom is -0.462 e. The molecule has 192 valence electrons.